The van der Waals surface area contributed by atoms with Crippen LogP contribution < -0.4 is 9.64 Å². The van der Waals surface area contributed by atoms with Crippen LogP contribution in [-0.2, 0) is 0 Å². The van der Waals surface area contributed by atoms with Crippen molar-refractivity contribution in [3.63, 3.8) is 0 Å². The molecule has 1 aromatic rings. The molecule has 0 saturated heterocycles. The lowest BCUT2D eigenvalue weighted by Crippen LogP contribution is -2.29. The Morgan fingerprint density at radius 3 is 2.50 bits per heavy atom. The summed E-state index contributed by atoms with van der Waals surface area (Å²) in [6.45, 7) is 8.03. The Labute approximate surface area is 101 Å². The van der Waals surface area contributed by atoms with Crippen molar-refractivity contribution in [1.29, 1.82) is 0 Å². The molecule has 0 atom stereocenters. The Balaban J connectivity index is 2.95. The van der Waals surface area contributed by atoms with Crippen molar-refractivity contribution in [2.45, 2.75) is 20.8 Å². The average molecular weight is 245 g/mol. The van der Waals surface area contributed by atoms with Crippen LogP contribution in [-0.4, -0.2) is 35.2 Å². The molecule has 1 heterocycles. The maximum atomic E-state index is 5.80. The Morgan fingerprint density at radius 2 is 2.00 bits per heavy atom. The van der Waals surface area contributed by atoms with Crippen LogP contribution in [0.2, 0.25) is 5.28 Å². The van der Waals surface area contributed by atoms with Gasteiger partial charge in [0.25, 0.3) is 0 Å². The second-order valence-corrected chi connectivity index (χ2v) is 4.16. The molecule has 6 heteroatoms. The van der Waals surface area contributed by atoms with Crippen LogP contribution in [0.3, 0.4) is 0 Å². The number of ether oxygens (including phenoxy) is 1. The van der Waals surface area contributed by atoms with Gasteiger partial charge < -0.3 is 9.64 Å². The molecule has 16 heavy (non-hydrogen) atoms. The topological polar surface area (TPSA) is 51.1 Å². The second kappa shape index (κ2) is 5.84. The monoisotopic (exact) mass is 244 g/mol. The predicted octanol–water partition coefficient (Wildman–Crippen LogP) is 2.02. The lowest BCUT2D eigenvalue weighted by Gasteiger charge is -2.22. The molecule has 0 fully saturated rings. The van der Waals surface area contributed by atoms with Crippen molar-refractivity contribution in [2.75, 3.05) is 25.1 Å². The van der Waals surface area contributed by atoms with E-state index in [1.807, 2.05) is 11.8 Å². The predicted molar refractivity (Wildman–Crippen MR) is 64.1 cm³/mol. The maximum Gasteiger partial charge on any atom is 0.322 e. The van der Waals surface area contributed by atoms with Crippen LogP contribution in [0.25, 0.3) is 0 Å². The molecule has 0 aliphatic heterocycles. The quantitative estimate of drug-likeness (QED) is 0.793. The largest absolute Gasteiger partial charge is 0.467 e. The van der Waals surface area contributed by atoms with E-state index in [2.05, 4.69) is 28.8 Å². The van der Waals surface area contributed by atoms with Gasteiger partial charge in [-0.3, -0.25) is 0 Å². The SMILES string of the molecule is CCN(CC(C)C)c1nc(Cl)nc(OC)n1. The summed E-state index contributed by atoms with van der Waals surface area (Å²) in [6.07, 6.45) is 0. The van der Waals surface area contributed by atoms with Gasteiger partial charge in [-0.2, -0.15) is 15.0 Å². The minimum Gasteiger partial charge on any atom is -0.467 e. The molecular weight excluding hydrogens is 228 g/mol. The summed E-state index contributed by atoms with van der Waals surface area (Å²) >= 11 is 5.80. The molecule has 0 bridgehead atoms. The zero-order valence-corrected chi connectivity index (χ0v) is 10.8. The molecule has 1 rings (SSSR count). The van der Waals surface area contributed by atoms with Crippen LogP contribution in [0.15, 0.2) is 0 Å². The highest BCUT2D eigenvalue weighted by Gasteiger charge is 2.12. The normalized spacial score (nSPS) is 10.6. The number of rotatable bonds is 5. The fourth-order valence-corrected chi connectivity index (χ4v) is 1.50. The van der Waals surface area contributed by atoms with Gasteiger partial charge in [0.2, 0.25) is 11.2 Å². The summed E-state index contributed by atoms with van der Waals surface area (Å²) < 4.78 is 4.96. The maximum absolute atomic E-state index is 5.80. The first-order chi connectivity index (χ1) is 7.56. The molecule has 0 amide bonds. The van der Waals surface area contributed by atoms with E-state index in [4.69, 9.17) is 16.3 Å². The first kappa shape index (κ1) is 13.0. The summed E-state index contributed by atoms with van der Waals surface area (Å²) in [5.41, 5.74) is 0. The third-order valence-electron chi connectivity index (χ3n) is 2.01. The standard InChI is InChI=1S/C10H17ClN4O/c1-5-15(6-7(2)3)9-12-8(11)13-10(14-9)16-4/h7H,5-6H2,1-4H3. The van der Waals surface area contributed by atoms with Gasteiger partial charge in [0, 0.05) is 13.1 Å². The number of halogens is 1. The third-order valence-corrected chi connectivity index (χ3v) is 2.18. The van der Waals surface area contributed by atoms with E-state index in [1.54, 1.807) is 0 Å². The fraction of sp³-hybridized carbons (Fsp3) is 0.700. The van der Waals surface area contributed by atoms with Crippen molar-refractivity contribution in [2.24, 2.45) is 5.92 Å². The third kappa shape index (κ3) is 3.48. The van der Waals surface area contributed by atoms with Gasteiger partial charge in [-0.1, -0.05) is 13.8 Å². The van der Waals surface area contributed by atoms with Crippen LogP contribution in [0.1, 0.15) is 20.8 Å². The molecule has 0 N–H and O–H groups in total. The summed E-state index contributed by atoms with van der Waals surface area (Å²) in [7, 11) is 1.51. The van der Waals surface area contributed by atoms with E-state index in [0.717, 1.165) is 13.1 Å². The van der Waals surface area contributed by atoms with Gasteiger partial charge in [0.1, 0.15) is 0 Å². The molecule has 0 aromatic carbocycles. The summed E-state index contributed by atoms with van der Waals surface area (Å²) in [5.74, 6) is 1.09. The van der Waals surface area contributed by atoms with E-state index < -0.39 is 0 Å². The van der Waals surface area contributed by atoms with Crippen molar-refractivity contribution in [3.05, 3.63) is 5.28 Å². The molecule has 1 aromatic heterocycles. The highest BCUT2D eigenvalue weighted by molar-refractivity contribution is 6.28. The molecule has 0 saturated carbocycles. The van der Waals surface area contributed by atoms with Crippen LogP contribution >= 0.6 is 11.6 Å². The Hall–Kier alpha value is -1.10. The van der Waals surface area contributed by atoms with Gasteiger partial charge in [-0.15, -0.1) is 0 Å². The van der Waals surface area contributed by atoms with Crippen LogP contribution in [0, 0.1) is 5.92 Å². The summed E-state index contributed by atoms with van der Waals surface area (Å²) in [5, 5.41) is 0.157. The van der Waals surface area contributed by atoms with E-state index in [0.29, 0.717) is 11.9 Å². The lowest BCUT2D eigenvalue weighted by molar-refractivity contribution is 0.377. The van der Waals surface area contributed by atoms with Crippen molar-refractivity contribution < 1.29 is 4.74 Å². The minimum absolute atomic E-state index is 0.157. The lowest BCUT2D eigenvalue weighted by atomic mass is 10.2. The van der Waals surface area contributed by atoms with E-state index in [9.17, 15) is 0 Å². The molecule has 0 radical (unpaired) electrons. The summed E-state index contributed by atoms with van der Waals surface area (Å²) in [6, 6.07) is 0.247. The Kier molecular flexibility index (Phi) is 4.73. The van der Waals surface area contributed by atoms with E-state index in [-0.39, 0.29) is 11.3 Å². The first-order valence-corrected chi connectivity index (χ1v) is 5.65. The van der Waals surface area contributed by atoms with Crippen molar-refractivity contribution in [1.82, 2.24) is 15.0 Å². The molecular formula is C10H17ClN4O. The summed E-state index contributed by atoms with van der Waals surface area (Å²) in [4.78, 5) is 14.2. The number of hydrogen-bond donors (Lipinski definition) is 0. The zero-order chi connectivity index (χ0) is 12.1. The number of hydrogen-bond acceptors (Lipinski definition) is 5. The number of nitrogens with zero attached hydrogens (tertiary/aromatic N) is 4. The van der Waals surface area contributed by atoms with Gasteiger partial charge in [-0.25, -0.2) is 0 Å². The van der Waals surface area contributed by atoms with Crippen molar-refractivity contribution >= 4 is 17.5 Å². The molecule has 0 spiro atoms. The zero-order valence-electron chi connectivity index (χ0n) is 10.1. The van der Waals surface area contributed by atoms with Gasteiger partial charge in [0.15, 0.2) is 0 Å². The van der Waals surface area contributed by atoms with E-state index >= 15 is 0 Å². The molecule has 0 aliphatic rings. The number of aromatic nitrogens is 3. The van der Waals surface area contributed by atoms with Gasteiger partial charge in [-0.05, 0) is 24.4 Å². The minimum atomic E-state index is 0.157. The molecule has 0 unspecified atom stereocenters. The van der Waals surface area contributed by atoms with Crippen LogP contribution in [0.4, 0.5) is 5.95 Å². The highest BCUT2D eigenvalue weighted by atomic mass is 35.5. The fourth-order valence-electron chi connectivity index (χ4n) is 1.35. The molecule has 0 aliphatic carbocycles. The number of methoxy groups -OCH3 is 1. The van der Waals surface area contributed by atoms with Crippen molar-refractivity contribution in [3.8, 4) is 6.01 Å². The Bertz CT molecular complexity index is 346. The van der Waals surface area contributed by atoms with E-state index in [1.165, 1.54) is 7.11 Å². The Morgan fingerprint density at radius 1 is 1.31 bits per heavy atom. The number of anilines is 1. The molecule has 5 nitrogen and oxygen atoms in total. The van der Waals surface area contributed by atoms with Gasteiger partial charge in [0.05, 0.1) is 7.11 Å². The van der Waals surface area contributed by atoms with Crippen LogP contribution in [0.5, 0.6) is 6.01 Å². The smallest absolute Gasteiger partial charge is 0.322 e. The van der Waals surface area contributed by atoms with Gasteiger partial charge >= 0.3 is 6.01 Å². The molecule has 90 valence electrons. The highest BCUT2D eigenvalue weighted by Crippen LogP contribution is 2.15. The second-order valence-electron chi connectivity index (χ2n) is 3.82. The first-order valence-electron chi connectivity index (χ1n) is 5.27. The average Bonchev–Trinajstić information content (AvgIpc) is 2.24.